The number of amides is 1. The van der Waals surface area contributed by atoms with Gasteiger partial charge >= 0.3 is 0 Å². The molecule has 112 valence electrons. The second-order valence-electron chi connectivity index (χ2n) is 6.13. The first kappa shape index (κ1) is 14.9. The van der Waals surface area contributed by atoms with E-state index in [1.807, 2.05) is 6.08 Å². The molecular formula is C16H20N2OS2. The Balaban J connectivity index is 1.76. The van der Waals surface area contributed by atoms with Crippen molar-refractivity contribution >= 4 is 40.2 Å². The molecule has 0 saturated carbocycles. The number of hydrogen-bond acceptors (Lipinski definition) is 4. The van der Waals surface area contributed by atoms with Crippen LogP contribution in [0.4, 0.5) is 0 Å². The van der Waals surface area contributed by atoms with E-state index < -0.39 is 0 Å². The summed E-state index contributed by atoms with van der Waals surface area (Å²) in [5, 5.41) is 2.94. The highest BCUT2D eigenvalue weighted by Gasteiger charge is 2.30. The van der Waals surface area contributed by atoms with Gasteiger partial charge in [-0.15, -0.1) is 11.3 Å². The molecule has 3 rings (SSSR count). The van der Waals surface area contributed by atoms with Gasteiger partial charge in [-0.25, -0.2) is 0 Å². The monoisotopic (exact) mass is 320 g/mol. The highest BCUT2D eigenvalue weighted by atomic mass is 32.2. The minimum absolute atomic E-state index is 0.0892. The maximum absolute atomic E-state index is 12.1. The Kier molecular flexibility index (Phi) is 4.22. The summed E-state index contributed by atoms with van der Waals surface area (Å²) in [6, 6.07) is 2.08. The molecule has 1 saturated heterocycles. The maximum atomic E-state index is 12.1. The van der Waals surface area contributed by atoms with Crippen LogP contribution in [0.1, 0.15) is 30.7 Å². The van der Waals surface area contributed by atoms with E-state index in [4.69, 9.17) is 0 Å². The lowest BCUT2D eigenvalue weighted by atomic mass is 9.92. The number of carbonyl (C=O) groups excluding carboxylic acids is 1. The molecule has 0 radical (unpaired) electrons. The van der Waals surface area contributed by atoms with Gasteiger partial charge in [0.25, 0.3) is 5.91 Å². The summed E-state index contributed by atoms with van der Waals surface area (Å²) in [5.74, 6) is 1.24. The van der Waals surface area contributed by atoms with Crippen LogP contribution in [0, 0.1) is 18.8 Å². The number of thioether (sulfide) groups is 1. The molecule has 2 atom stereocenters. The van der Waals surface area contributed by atoms with Crippen LogP contribution >= 0.6 is 23.1 Å². The highest BCUT2D eigenvalue weighted by Crippen LogP contribution is 2.34. The molecule has 1 aromatic heterocycles. The van der Waals surface area contributed by atoms with Gasteiger partial charge in [0.05, 0.1) is 4.91 Å². The van der Waals surface area contributed by atoms with Gasteiger partial charge in [-0.1, -0.05) is 13.8 Å². The Labute approximate surface area is 134 Å². The van der Waals surface area contributed by atoms with Gasteiger partial charge in [0, 0.05) is 18.0 Å². The second kappa shape index (κ2) is 5.97. The Morgan fingerprint density at radius 1 is 1.33 bits per heavy atom. The first-order chi connectivity index (χ1) is 10.0. The van der Waals surface area contributed by atoms with Gasteiger partial charge in [0.2, 0.25) is 0 Å². The van der Waals surface area contributed by atoms with Gasteiger partial charge in [0.1, 0.15) is 0 Å². The van der Waals surface area contributed by atoms with Crippen LogP contribution < -0.4 is 0 Å². The largest absolute Gasteiger partial charge is 0.350 e. The van der Waals surface area contributed by atoms with Crippen LogP contribution in [-0.2, 0) is 4.79 Å². The standard InChI is InChI=1S/C16H20N2OS2/c1-10-6-11(2)9-18(8-10)16-17-15(19)14(21-16)7-13-12(3)4-5-20-13/h4-5,7,10-11H,6,8-9H2,1-3H3/b14-7+/t10-,11-/m0/s1. The number of rotatable bonds is 1. The van der Waals surface area contributed by atoms with E-state index in [0.29, 0.717) is 11.8 Å². The van der Waals surface area contributed by atoms with E-state index >= 15 is 0 Å². The number of carbonyl (C=O) groups is 1. The fourth-order valence-electron chi connectivity index (χ4n) is 3.00. The molecule has 0 unspecified atom stereocenters. The third-order valence-electron chi connectivity index (χ3n) is 3.91. The number of aliphatic imine (C=N–C) groups is 1. The van der Waals surface area contributed by atoms with E-state index in [1.165, 1.54) is 23.7 Å². The Morgan fingerprint density at radius 2 is 2.05 bits per heavy atom. The van der Waals surface area contributed by atoms with Gasteiger partial charge in [-0.3, -0.25) is 4.79 Å². The maximum Gasteiger partial charge on any atom is 0.286 e. The molecule has 0 spiro atoms. The fraction of sp³-hybridized carbons (Fsp3) is 0.500. The number of aryl methyl sites for hydroxylation is 1. The number of thiophene rings is 1. The first-order valence-corrected chi connectivity index (χ1v) is 9.04. The number of likely N-dealkylation sites (tertiary alicyclic amines) is 1. The van der Waals surface area contributed by atoms with E-state index in [2.05, 4.69) is 42.1 Å². The number of amidine groups is 1. The van der Waals surface area contributed by atoms with E-state index in [-0.39, 0.29) is 5.91 Å². The predicted octanol–water partition coefficient (Wildman–Crippen LogP) is 4.00. The number of hydrogen-bond donors (Lipinski definition) is 0. The Bertz CT molecular complexity index is 608. The Morgan fingerprint density at radius 3 is 2.67 bits per heavy atom. The van der Waals surface area contributed by atoms with E-state index in [0.717, 1.165) is 28.0 Å². The van der Waals surface area contributed by atoms with Crippen molar-refractivity contribution in [2.75, 3.05) is 13.1 Å². The summed E-state index contributed by atoms with van der Waals surface area (Å²) < 4.78 is 0. The van der Waals surface area contributed by atoms with Crippen molar-refractivity contribution in [1.82, 2.24) is 4.90 Å². The lowest BCUT2D eigenvalue weighted by Gasteiger charge is -2.35. The normalized spacial score (nSPS) is 28.3. The predicted molar refractivity (Wildman–Crippen MR) is 91.6 cm³/mol. The topological polar surface area (TPSA) is 32.7 Å². The molecule has 0 aliphatic carbocycles. The fourth-order valence-corrected chi connectivity index (χ4v) is 4.85. The first-order valence-electron chi connectivity index (χ1n) is 7.34. The third-order valence-corrected chi connectivity index (χ3v) is 5.92. The zero-order valence-electron chi connectivity index (χ0n) is 12.6. The van der Waals surface area contributed by atoms with Crippen LogP contribution in [0.3, 0.4) is 0 Å². The van der Waals surface area contributed by atoms with E-state index in [9.17, 15) is 4.79 Å². The molecule has 1 aromatic rings. The molecule has 5 heteroatoms. The van der Waals surface area contributed by atoms with Crippen LogP contribution in [0.15, 0.2) is 21.3 Å². The summed E-state index contributed by atoms with van der Waals surface area (Å²) in [5.41, 5.74) is 1.22. The van der Waals surface area contributed by atoms with Crippen molar-refractivity contribution in [3.8, 4) is 0 Å². The van der Waals surface area contributed by atoms with Gasteiger partial charge in [-0.2, -0.15) is 4.99 Å². The molecule has 3 nitrogen and oxygen atoms in total. The highest BCUT2D eigenvalue weighted by molar-refractivity contribution is 8.18. The quantitative estimate of drug-likeness (QED) is 0.733. The van der Waals surface area contributed by atoms with Crippen LogP contribution in [0.25, 0.3) is 6.08 Å². The minimum Gasteiger partial charge on any atom is -0.350 e. The van der Waals surface area contributed by atoms with Crippen molar-refractivity contribution in [2.45, 2.75) is 27.2 Å². The zero-order valence-corrected chi connectivity index (χ0v) is 14.3. The van der Waals surface area contributed by atoms with Crippen molar-refractivity contribution < 1.29 is 4.79 Å². The van der Waals surface area contributed by atoms with E-state index in [1.54, 1.807) is 11.3 Å². The van der Waals surface area contributed by atoms with Crippen molar-refractivity contribution in [3.05, 3.63) is 26.8 Å². The summed E-state index contributed by atoms with van der Waals surface area (Å²) in [6.07, 6.45) is 3.25. The molecule has 0 bridgehead atoms. The summed E-state index contributed by atoms with van der Waals surface area (Å²) in [6.45, 7) is 8.64. The molecule has 3 heterocycles. The van der Waals surface area contributed by atoms with Gasteiger partial charge in [-0.05, 0) is 60.0 Å². The van der Waals surface area contributed by atoms with Gasteiger partial charge < -0.3 is 4.90 Å². The third kappa shape index (κ3) is 3.24. The van der Waals surface area contributed by atoms with Crippen molar-refractivity contribution in [2.24, 2.45) is 16.8 Å². The van der Waals surface area contributed by atoms with Crippen molar-refractivity contribution in [3.63, 3.8) is 0 Å². The average Bonchev–Trinajstić information content (AvgIpc) is 2.97. The average molecular weight is 320 g/mol. The SMILES string of the molecule is Cc1ccsc1/C=C1/SC(N2C[C@@H](C)C[C@H](C)C2)=NC1=O. The minimum atomic E-state index is -0.0892. The van der Waals surface area contributed by atoms with Crippen molar-refractivity contribution in [1.29, 1.82) is 0 Å². The molecule has 1 fully saturated rings. The molecule has 2 aliphatic rings. The summed E-state index contributed by atoms with van der Waals surface area (Å²) in [7, 11) is 0. The molecular weight excluding hydrogens is 300 g/mol. The van der Waals surface area contributed by atoms with Crippen LogP contribution in [0.5, 0.6) is 0 Å². The lowest BCUT2D eigenvalue weighted by molar-refractivity contribution is -0.113. The number of nitrogens with zero attached hydrogens (tertiary/aromatic N) is 2. The molecule has 0 aromatic carbocycles. The molecule has 0 N–H and O–H groups in total. The Hall–Kier alpha value is -1.07. The molecule has 21 heavy (non-hydrogen) atoms. The lowest BCUT2D eigenvalue weighted by Crippen LogP contribution is -2.40. The molecule has 1 amide bonds. The van der Waals surface area contributed by atoms with Crippen LogP contribution in [-0.4, -0.2) is 29.1 Å². The summed E-state index contributed by atoms with van der Waals surface area (Å²) in [4.78, 5) is 20.6. The second-order valence-corrected chi connectivity index (χ2v) is 8.09. The van der Waals surface area contributed by atoms with Crippen LogP contribution in [0.2, 0.25) is 0 Å². The van der Waals surface area contributed by atoms with Gasteiger partial charge in [0.15, 0.2) is 5.17 Å². The summed E-state index contributed by atoms with van der Waals surface area (Å²) >= 11 is 3.20. The molecule has 2 aliphatic heterocycles. The smallest absolute Gasteiger partial charge is 0.286 e. The zero-order chi connectivity index (χ0) is 15.0. The number of piperidine rings is 1.